The lowest BCUT2D eigenvalue weighted by atomic mass is 9.95. The average Bonchev–Trinajstić information content (AvgIpc) is 3.35. The van der Waals surface area contributed by atoms with E-state index in [0.29, 0.717) is 22.9 Å². The Morgan fingerprint density at radius 1 is 1.00 bits per heavy atom. The van der Waals surface area contributed by atoms with Gasteiger partial charge in [-0.15, -0.1) is 0 Å². The quantitative estimate of drug-likeness (QED) is 0.425. The topological polar surface area (TPSA) is 89.3 Å². The lowest BCUT2D eigenvalue weighted by Gasteiger charge is -2.35. The number of benzene rings is 3. The maximum absolute atomic E-state index is 13.1. The minimum atomic E-state index is -0.507. The van der Waals surface area contributed by atoms with Gasteiger partial charge in [-0.3, -0.25) is 4.79 Å². The normalized spacial score (nSPS) is 15.1. The molecule has 0 fully saturated rings. The summed E-state index contributed by atoms with van der Waals surface area (Å²) in [6.07, 6.45) is 1.43. The summed E-state index contributed by atoms with van der Waals surface area (Å²) in [5.41, 5.74) is 2.60. The fourth-order valence-corrected chi connectivity index (χ4v) is 4.45. The molecule has 0 saturated carbocycles. The van der Waals surface area contributed by atoms with Gasteiger partial charge in [-0.2, -0.15) is 10.1 Å². The van der Waals surface area contributed by atoms with Crippen LogP contribution in [0.15, 0.2) is 90.4 Å². The van der Waals surface area contributed by atoms with E-state index >= 15 is 0 Å². The first-order chi connectivity index (χ1) is 17.1. The van der Waals surface area contributed by atoms with Gasteiger partial charge in [0.15, 0.2) is 0 Å². The Kier molecular flexibility index (Phi) is 6.01. The molecular formula is C27H25N5O3. The Balaban J connectivity index is 1.48. The molecule has 1 aromatic heterocycles. The molecule has 1 aliphatic heterocycles. The molecule has 2 heterocycles. The van der Waals surface area contributed by atoms with Crippen molar-refractivity contribution < 1.29 is 14.3 Å². The van der Waals surface area contributed by atoms with E-state index in [2.05, 4.69) is 15.4 Å². The van der Waals surface area contributed by atoms with Crippen LogP contribution in [0.2, 0.25) is 0 Å². The van der Waals surface area contributed by atoms with Crippen LogP contribution in [0.5, 0.6) is 0 Å². The number of ether oxygens (including phenoxy) is 1. The summed E-state index contributed by atoms with van der Waals surface area (Å²) in [5.74, 6) is -0.200. The highest BCUT2D eigenvalue weighted by Crippen LogP contribution is 2.38. The van der Waals surface area contributed by atoms with Crippen molar-refractivity contribution in [1.82, 2.24) is 14.8 Å². The Morgan fingerprint density at radius 3 is 2.51 bits per heavy atom. The van der Waals surface area contributed by atoms with Crippen molar-refractivity contribution in [2.45, 2.75) is 19.9 Å². The summed E-state index contributed by atoms with van der Waals surface area (Å²) in [6.45, 7) is 3.78. The van der Waals surface area contributed by atoms with Crippen molar-refractivity contribution in [3.8, 4) is 0 Å². The van der Waals surface area contributed by atoms with E-state index in [1.54, 1.807) is 16.5 Å². The molecule has 1 aliphatic rings. The molecular weight excluding hydrogens is 442 g/mol. The van der Waals surface area contributed by atoms with Crippen LogP contribution in [0.4, 0.5) is 11.6 Å². The number of carbonyl (C=O) groups is 2. The average molecular weight is 468 g/mol. The fourth-order valence-electron chi connectivity index (χ4n) is 4.45. The molecule has 3 aromatic carbocycles. The van der Waals surface area contributed by atoms with Gasteiger partial charge in [-0.1, -0.05) is 60.7 Å². The molecule has 4 aromatic rings. The molecule has 8 heteroatoms. The van der Waals surface area contributed by atoms with Crippen LogP contribution in [-0.4, -0.2) is 39.8 Å². The minimum Gasteiger partial charge on any atom is -0.463 e. The zero-order chi connectivity index (χ0) is 24.4. The first-order valence-corrected chi connectivity index (χ1v) is 11.5. The molecule has 1 atom stereocenters. The number of esters is 1. The Labute approximate surface area is 202 Å². The van der Waals surface area contributed by atoms with E-state index in [9.17, 15) is 9.59 Å². The third kappa shape index (κ3) is 4.26. The molecule has 5 rings (SSSR count). The fraction of sp³-hybridized carbons (Fsp3) is 0.185. The van der Waals surface area contributed by atoms with E-state index in [-0.39, 0.29) is 19.1 Å². The first kappa shape index (κ1) is 22.3. The standard InChI is InChI=1S/C27H25N5O3/c1-3-35-26(34)24-18(2)31(27-28-17-29-32(27)25(24)20-10-5-4-6-11-20)16-23(33)30-22-14-13-19-9-7-8-12-21(19)15-22/h4-15,17,25H,3,16H2,1-2H3,(H,30,33). The van der Waals surface area contributed by atoms with Crippen LogP contribution >= 0.6 is 0 Å². The summed E-state index contributed by atoms with van der Waals surface area (Å²) < 4.78 is 7.06. The molecule has 0 bridgehead atoms. The largest absolute Gasteiger partial charge is 0.463 e. The van der Waals surface area contributed by atoms with Gasteiger partial charge in [0, 0.05) is 11.4 Å². The van der Waals surface area contributed by atoms with Crippen LogP contribution in [0, 0.1) is 0 Å². The zero-order valence-corrected chi connectivity index (χ0v) is 19.5. The van der Waals surface area contributed by atoms with Crippen LogP contribution in [0.1, 0.15) is 25.5 Å². The maximum atomic E-state index is 13.1. The number of nitrogens with one attached hydrogen (secondary N) is 1. The number of rotatable bonds is 6. The number of fused-ring (bicyclic) bond motifs is 2. The third-order valence-electron chi connectivity index (χ3n) is 6.05. The molecule has 8 nitrogen and oxygen atoms in total. The van der Waals surface area contributed by atoms with Gasteiger partial charge in [0.2, 0.25) is 11.9 Å². The van der Waals surface area contributed by atoms with Gasteiger partial charge < -0.3 is 15.0 Å². The molecule has 0 spiro atoms. The number of allylic oxidation sites excluding steroid dienone is 1. The van der Waals surface area contributed by atoms with Gasteiger partial charge in [-0.25, -0.2) is 9.48 Å². The smallest absolute Gasteiger partial charge is 0.338 e. The summed E-state index contributed by atoms with van der Waals surface area (Å²) >= 11 is 0. The van der Waals surface area contributed by atoms with Crippen molar-refractivity contribution in [3.63, 3.8) is 0 Å². The number of carbonyl (C=O) groups excluding carboxylic acids is 2. The Hall–Kier alpha value is -4.46. The number of aromatic nitrogens is 3. The van der Waals surface area contributed by atoms with Crippen molar-refractivity contribution in [2.75, 3.05) is 23.4 Å². The highest BCUT2D eigenvalue weighted by atomic mass is 16.5. The van der Waals surface area contributed by atoms with Crippen molar-refractivity contribution in [1.29, 1.82) is 0 Å². The molecule has 0 saturated heterocycles. The summed E-state index contributed by atoms with van der Waals surface area (Å²) in [4.78, 5) is 32.3. The van der Waals surface area contributed by atoms with E-state index in [1.165, 1.54) is 6.33 Å². The summed E-state index contributed by atoms with van der Waals surface area (Å²) in [6, 6.07) is 22.8. The van der Waals surface area contributed by atoms with E-state index in [4.69, 9.17) is 4.74 Å². The van der Waals surface area contributed by atoms with Crippen LogP contribution in [-0.2, 0) is 14.3 Å². The second-order valence-electron chi connectivity index (χ2n) is 8.23. The lowest BCUT2D eigenvalue weighted by Crippen LogP contribution is -2.40. The molecule has 0 aliphatic carbocycles. The van der Waals surface area contributed by atoms with Crippen LogP contribution in [0.3, 0.4) is 0 Å². The zero-order valence-electron chi connectivity index (χ0n) is 19.5. The highest BCUT2D eigenvalue weighted by molar-refractivity contribution is 5.98. The molecule has 0 radical (unpaired) electrons. The third-order valence-corrected chi connectivity index (χ3v) is 6.05. The monoisotopic (exact) mass is 467 g/mol. The predicted octanol–water partition coefficient (Wildman–Crippen LogP) is 4.32. The van der Waals surface area contributed by atoms with Gasteiger partial charge in [0.1, 0.15) is 18.9 Å². The molecule has 1 N–H and O–H groups in total. The molecule has 176 valence electrons. The molecule has 35 heavy (non-hydrogen) atoms. The SMILES string of the molecule is CCOC(=O)C1=C(C)N(CC(=O)Nc2ccc3ccccc3c2)c2ncnn2C1c1ccccc1. The maximum Gasteiger partial charge on any atom is 0.338 e. The van der Waals surface area contributed by atoms with Gasteiger partial charge in [-0.05, 0) is 42.3 Å². The van der Waals surface area contributed by atoms with Crippen molar-refractivity contribution >= 4 is 34.3 Å². The number of hydrogen-bond acceptors (Lipinski definition) is 6. The second kappa shape index (κ2) is 9.42. The highest BCUT2D eigenvalue weighted by Gasteiger charge is 2.38. The predicted molar refractivity (Wildman–Crippen MR) is 134 cm³/mol. The first-order valence-electron chi connectivity index (χ1n) is 11.5. The number of amides is 1. The lowest BCUT2D eigenvalue weighted by molar-refractivity contribution is -0.139. The minimum absolute atomic E-state index is 0.0399. The molecule has 1 unspecified atom stereocenters. The van der Waals surface area contributed by atoms with E-state index in [1.807, 2.05) is 79.7 Å². The van der Waals surface area contributed by atoms with Gasteiger partial charge in [0.05, 0.1) is 12.2 Å². The van der Waals surface area contributed by atoms with E-state index < -0.39 is 12.0 Å². The van der Waals surface area contributed by atoms with Crippen LogP contribution < -0.4 is 10.2 Å². The van der Waals surface area contributed by atoms with E-state index in [0.717, 1.165) is 16.3 Å². The molecule has 1 amide bonds. The number of nitrogens with zero attached hydrogens (tertiary/aromatic N) is 4. The second-order valence-corrected chi connectivity index (χ2v) is 8.23. The Morgan fingerprint density at radius 2 is 1.74 bits per heavy atom. The van der Waals surface area contributed by atoms with Crippen molar-refractivity contribution in [3.05, 3.63) is 96.0 Å². The Bertz CT molecular complexity index is 1430. The van der Waals surface area contributed by atoms with Gasteiger partial charge >= 0.3 is 5.97 Å². The van der Waals surface area contributed by atoms with Crippen molar-refractivity contribution in [2.24, 2.45) is 0 Å². The number of hydrogen-bond donors (Lipinski definition) is 1. The number of anilines is 2. The summed E-state index contributed by atoms with van der Waals surface area (Å²) in [7, 11) is 0. The van der Waals surface area contributed by atoms with Crippen LogP contribution in [0.25, 0.3) is 10.8 Å². The summed E-state index contributed by atoms with van der Waals surface area (Å²) in [5, 5.41) is 9.50. The van der Waals surface area contributed by atoms with Gasteiger partial charge in [0.25, 0.3) is 0 Å².